The molecule has 2 aromatic rings. The van der Waals surface area contributed by atoms with E-state index in [2.05, 4.69) is 51.1 Å². The van der Waals surface area contributed by atoms with Crippen LogP contribution in [-0.4, -0.2) is 5.11 Å². The molecule has 0 saturated carbocycles. The molecule has 0 aliphatic carbocycles. The van der Waals surface area contributed by atoms with E-state index >= 15 is 0 Å². The monoisotopic (exact) mass is 254 g/mol. The summed E-state index contributed by atoms with van der Waals surface area (Å²) in [6, 6.07) is 14.5. The van der Waals surface area contributed by atoms with E-state index in [0.29, 0.717) is 0 Å². The SMILES string of the molecule is Cc1ccccc1CCC(O)c1cccc(C)c1C. The van der Waals surface area contributed by atoms with Crippen molar-refractivity contribution < 1.29 is 5.11 Å². The number of hydrogen-bond acceptors (Lipinski definition) is 1. The van der Waals surface area contributed by atoms with Gasteiger partial charge in [-0.1, -0.05) is 42.5 Å². The summed E-state index contributed by atoms with van der Waals surface area (Å²) in [5.74, 6) is 0. The third kappa shape index (κ3) is 3.24. The van der Waals surface area contributed by atoms with Gasteiger partial charge in [0.1, 0.15) is 0 Å². The van der Waals surface area contributed by atoms with Gasteiger partial charge >= 0.3 is 0 Å². The van der Waals surface area contributed by atoms with E-state index < -0.39 is 0 Å². The molecule has 0 aromatic heterocycles. The van der Waals surface area contributed by atoms with Crippen LogP contribution in [0.5, 0.6) is 0 Å². The first-order valence-corrected chi connectivity index (χ1v) is 6.88. The smallest absolute Gasteiger partial charge is 0.0795 e. The van der Waals surface area contributed by atoms with Crippen LogP contribution in [0.1, 0.15) is 40.3 Å². The van der Waals surface area contributed by atoms with Gasteiger partial charge in [-0.25, -0.2) is 0 Å². The minimum atomic E-state index is -0.375. The summed E-state index contributed by atoms with van der Waals surface area (Å²) in [4.78, 5) is 0. The molecular weight excluding hydrogens is 232 g/mol. The van der Waals surface area contributed by atoms with Crippen LogP contribution < -0.4 is 0 Å². The Balaban J connectivity index is 2.08. The summed E-state index contributed by atoms with van der Waals surface area (Å²) in [6.45, 7) is 6.30. The third-order valence-electron chi connectivity index (χ3n) is 3.95. The van der Waals surface area contributed by atoms with E-state index in [1.807, 2.05) is 12.1 Å². The third-order valence-corrected chi connectivity index (χ3v) is 3.95. The summed E-state index contributed by atoms with van der Waals surface area (Å²) in [5.41, 5.74) is 6.14. The largest absolute Gasteiger partial charge is 0.388 e. The van der Waals surface area contributed by atoms with Crippen LogP contribution in [0.15, 0.2) is 42.5 Å². The fourth-order valence-electron chi connectivity index (χ4n) is 2.47. The van der Waals surface area contributed by atoms with Crippen LogP contribution in [0.3, 0.4) is 0 Å². The summed E-state index contributed by atoms with van der Waals surface area (Å²) >= 11 is 0. The van der Waals surface area contributed by atoms with Gasteiger partial charge in [-0.05, 0) is 61.4 Å². The van der Waals surface area contributed by atoms with Crippen LogP contribution in [0.4, 0.5) is 0 Å². The molecule has 0 heterocycles. The van der Waals surface area contributed by atoms with Crippen molar-refractivity contribution in [2.24, 2.45) is 0 Å². The zero-order valence-corrected chi connectivity index (χ0v) is 12.0. The van der Waals surface area contributed by atoms with Crippen molar-refractivity contribution >= 4 is 0 Å². The molecule has 19 heavy (non-hydrogen) atoms. The fourth-order valence-corrected chi connectivity index (χ4v) is 2.47. The quantitative estimate of drug-likeness (QED) is 0.863. The molecule has 0 aliphatic heterocycles. The number of rotatable bonds is 4. The van der Waals surface area contributed by atoms with Crippen LogP contribution in [0.25, 0.3) is 0 Å². The molecule has 0 bridgehead atoms. The zero-order chi connectivity index (χ0) is 13.8. The van der Waals surface area contributed by atoms with E-state index in [4.69, 9.17) is 0 Å². The average molecular weight is 254 g/mol. The highest BCUT2D eigenvalue weighted by Crippen LogP contribution is 2.24. The maximum Gasteiger partial charge on any atom is 0.0795 e. The van der Waals surface area contributed by atoms with Crippen molar-refractivity contribution in [3.8, 4) is 0 Å². The molecule has 1 N–H and O–H groups in total. The number of aliphatic hydroxyl groups excluding tert-OH is 1. The molecular formula is C18H22O. The van der Waals surface area contributed by atoms with Crippen LogP contribution in [-0.2, 0) is 6.42 Å². The molecule has 2 rings (SSSR count). The van der Waals surface area contributed by atoms with E-state index in [1.165, 1.54) is 22.3 Å². The first kappa shape index (κ1) is 13.8. The molecule has 0 spiro atoms. The van der Waals surface area contributed by atoms with Gasteiger partial charge in [-0.2, -0.15) is 0 Å². The van der Waals surface area contributed by atoms with Gasteiger partial charge in [0.05, 0.1) is 6.10 Å². The summed E-state index contributed by atoms with van der Waals surface area (Å²) in [5, 5.41) is 10.4. The maximum absolute atomic E-state index is 10.4. The van der Waals surface area contributed by atoms with Crippen molar-refractivity contribution in [3.05, 3.63) is 70.3 Å². The Morgan fingerprint density at radius 3 is 2.32 bits per heavy atom. The highest BCUT2D eigenvalue weighted by Gasteiger charge is 2.11. The standard InChI is InChI=1S/C18H22O/c1-13-8-6-10-17(15(13)3)18(19)12-11-16-9-5-4-7-14(16)2/h4-10,18-19H,11-12H2,1-3H3. The van der Waals surface area contributed by atoms with E-state index in [1.54, 1.807) is 0 Å². The van der Waals surface area contributed by atoms with Crippen molar-refractivity contribution in [1.82, 2.24) is 0 Å². The van der Waals surface area contributed by atoms with Gasteiger partial charge in [-0.15, -0.1) is 0 Å². The normalized spacial score (nSPS) is 12.4. The molecule has 0 saturated heterocycles. The Morgan fingerprint density at radius 1 is 0.895 bits per heavy atom. The van der Waals surface area contributed by atoms with Gasteiger partial charge < -0.3 is 5.11 Å². The minimum absolute atomic E-state index is 0.375. The van der Waals surface area contributed by atoms with Crippen molar-refractivity contribution in [3.63, 3.8) is 0 Å². The highest BCUT2D eigenvalue weighted by molar-refractivity contribution is 5.35. The molecule has 0 radical (unpaired) electrons. The molecule has 1 atom stereocenters. The van der Waals surface area contributed by atoms with Gasteiger partial charge in [0.15, 0.2) is 0 Å². The van der Waals surface area contributed by atoms with Gasteiger partial charge in [-0.3, -0.25) is 0 Å². The first-order valence-electron chi connectivity index (χ1n) is 6.88. The second kappa shape index (κ2) is 6.03. The average Bonchev–Trinajstić information content (AvgIpc) is 2.40. The summed E-state index contributed by atoms with van der Waals surface area (Å²) in [6.07, 6.45) is 1.32. The van der Waals surface area contributed by atoms with Crippen LogP contribution >= 0.6 is 0 Å². The minimum Gasteiger partial charge on any atom is -0.388 e. The number of aryl methyl sites for hydroxylation is 3. The van der Waals surface area contributed by atoms with Crippen molar-refractivity contribution in [2.75, 3.05) is 0 Å². The molecule has 1 unspecified atom stereocenters. The Bertz CT molecular complexity index is 557. The lowest BCUT2D eigenvalue weighted by molar-refractivity contribution is 0.167. The van der Waals surface area contributed by atoms with Crippen LogP contribution in [0.2, 0.25) is 0 Å². The fraction of sp³-hybridized carbons (Fsp3) is 0.333. The molecule has 1 heteroatoms. The van der Waals surface area contributed by atoms with Crippen molar-refractivity contribution in [2.45, 2.75) is 39.7 Å². The predicted molar refractivity (Wildman–Crippen MR) is 80.4 cm³/mol. The molecule has 100 valence electrons. The maximum atomic E-state index is 10.4. The lowest BCUT2D eigenvalue weighted by Gasteiger charge is -2.16. The van der Waals surface area contributed by atoms with Crippen molar-refractivity contribution in [1.29, 1.82) is 0 Å². The first-order chi connectivity index (χ1) is 9.09. The number of aliphatic hydroxyl groups is 1. The molecule has 2 aromatic carbocycles. The van der Waals surface area contributed by atoms with Gasteiger partial charge in [0.25, 0.3) is 0 Å². The lowest BCUT2D eigenvalue weighted by Crippen LogP contribution is -2.03. The van der Waals surface area contributed by atoms with Crippen LogP contribution in [0, 0.1) is 20.8 Å². The second-order valence-electron chi connectivity index (χ2n) is 5.27. The van der Waals surface area contributed by atoms with E-state index in [9.17, 15) is 5.11 Å². The topological polar surface area (TPSA) is 20.2 Å². The number of benzene rings is 2. The molecule has 0 aliphatic rings. The zero-order valence-electron chi connectivity index (χ0n) is 12.0. The molecule has 0 fully saturated rings. The molecule has 1 nitrogen and oxygen atoms in total. The molecule has 0 amide bonds. The van der Waals surface area contributed by atoms with Gasteiger partial charge in [0.2, 0.25) is 0 Å². The highest BCUT2D eigenvalue weighted by atomic mass is 16.3. The Hall–Kier alpha value is -1.60. The summed E-state index contributed by atoms with van der Waals surface area (Å²) in [7, 11) is 0. The predicted octanol–water partition coefficient (Wildman–Crippen LogP) is 4.28. The second-order valence-corrected chi connectivity index (χ2v) is 5.27. The Labute approximate surface area is 115 Å². The number of hydrogen-bond donors (Lipinski definition) is 1. The lowest BCUT2D eigenvalue weighted by atomic mass is 9.94. The Kier molecular flexibility index (Phi) is 4.39. The van der Waals surface area contributed by atoms with E-state index in [0.717, 1.165) is 18.4 Å². The Morgan fingerprint density at radius 2 is 1.58 bits per heavy atom. The van der Waals surface area contributed by atoms with E-state index in [-0.39, 0.29) is 6.10 Å². The van der Waals surface area contributed by atoms with Gasteiger partial charge in [0, 0.05) is 0 Å². The summed E-state index contributed by atoms with van der Waals surface area (Å²) < 4.78 is 0.